The fourth-order valence-corrected chi connectivity index (χ4v) is 3.98. The summed E-state index contributed by atoms with van der Waals surface area (Å²) in [6.07, 6.45) is 0. The van der Waals surface area contributed by atoms with E-state index in [4.69, 9.17) is 10.9 Å². The smallest absolute Gasteiger partial charge is 0.179 e. The number of hydrogen-bond acceptors (Lipinski definition) is 5. The molecule has 0 fully saturated rings. The van der Waals surface area contributed by atoms with E-state index in [9.17, 15) is 8.42 Å². The Morgan fingerprint density at radius 3 is 2.74 bits per heavy atom. The minimum atomic E-state index is -3.33. The average molecular weight is 302 g/mol. The molecular formula is C12H18N2O3S2. The normalized spacial score (nSPS) is 12.9. The summed E-state index contributed by atoms with van der Waals surface area (Å²) in [4.78, 5) is 0.195. The fraction of sp³-hybridized carbons (Fsp3) is 0.417. The van der Waals surface area contributed by atoms with E-state index < -0.39 is 9.84 Å². The quantitative estimate of drug-likeness (QED) is 0.361. The second kappa shape index (κ2) is 6.81. The molecule has 1 rings (SSSR count). The van der Waals surface area contributed by atoms with Gasteiger partial charge in [-0.15, -0.1) is 0 Å². The lowest BCUT2D eigenvalue weighted by Gasteiger charge is -2.07. The molecule has 0 saturated carbocycles. The van der Waals surface area contributed by atoms with Gasteiger partial charge in [-0.1, -0.05) is 31.1 Å². The molecule has 0 amide bonds. The van der Waals surface area contributed by atoms with Gasteiger partial charge < -0.3 is 10.9 Å². The summed E-state index contributed by atoms with van der Waals surface area (Å²) in [5, 5.41) is 11.9. The largest absolute Gasteiger partial charge is 0.409 e. The highest BCUT2D eigenvalue weighted by molar-refractivity contribution is 8.01. The van der Waals surface area contributed by atoms with Gasteiger partial charge in [0.2, 0.25) is 0 Å². The number of benzene rings is 1. The van der Waals surface area contributed by atoms with E-state index in [0.29, 0.717) is 16.6 Å². The minimum Gasteiger partial charge on any atom is -0.409 e. The van der Waals surface area contributed by atoms with E-state index in [1.807, 2.05) is 13.8 Å². The summed E-state index contributed by atoms with van der Waals surface area (Å²) in [6.45, 7) is 4.05. The Morgan fingerprint density at radius 1 is 1.47 bits per heavy atom. The van der Waals surface area contributed by atoms with Gasteiger partial charge in [0.05, 0.1) is 10.6 Å². The molecule has 0 aliphatic heterocycles. The Balaban J connectivity index is 2.90. The number of rotatable bonds is 6. The Morgan fingerprint density at radius 2 is 2.16 bits per heavy atom. The van der Waals surface area contributed by atoms with E-state index in [1.54, 1.807) is 23.9 Å². The van der Waals surface area contributed by atoms with E-state index in [2.05, 4.69) is 5.16 Å². The van der Waals surface area contributed by atoms with Gasteiger partial charge in [-0.05, 0) is 17.4 Å². The van der Waals surface area contributed by atoms with Crippen LogP contribution in [-0.2, 0) is 9.84 Å². The lowest BCUT2D eigenvalue weighted by molar-refractivity contribution is 0.318. The maximum absolute atomic E-state index is 12.1. The predicted octanol–water partition coefficient (Wildman–Crippen LogP) is 1.70. The second-order valence-corrected chi connectivity index (χ2v) is 8.05. The van der Waals surface area contributed by atoms with Crippen LogP contribution in [0, 0.1) is 0 Å². The van der Waals surface area contributed by atoms with Gasteiger partial charge in [0.15, 0.2) is 15.7 Å². The van der Waals surface area contributed by atoms with Crippen LogP contribution >= 0.6 is 11.8 Å². The molecule has 0 radical (unpaired) electrons. The summed E-state index contributed by atoms with van der Waals surface area (Å²) in [7, 11) is -3.33. The molecule has 106 valence electrons. The van der Waals surface area contributed by atoms with Gasteiger partial charge >= 0.3 is 0 Å². The molecule has 1 aromatic carbocycles. The molecule has 0 unspecified atom stereocenters. The summed E-state index contributed by atoms with van der Waals surface area (Å²) in [6, 6.07) is 6.11. The minimum absolute atomic E-state index is 0.0788. The summed E-state index contributed by atoms with van der Waals surface area (Å²) >= 11 is 1.60. The van der Waals surface area contributed by atoms with E-state index >= 15 is 0 Å². The van der Waals surface area contributed by atoms with Crippen molar-refractivity contribution in [2.24, 2.45) is 10.9 Å². The molecule has 0 spiro atoms. The number of oxime groups is 1. The first-order valence-electron chi connectivity index (χ1n) is 5.79. The lowest BCUT2D eigenvalue weighted by Crippen LogP contribution is -2.15. The number of nitrogens with two attached hydrogens (primary N) is 1. The number of sulfone groups is 1. The third-order valence-corrected chi connectivity index (χ3v) is 5.48. The molecule has 1 aromatic rings. The number of amidine groups is 1. The molecule has 19 heavy (non-hydrogen) atoms. The lowest BCUT2D eigenvalue weighted by atomic mass is 10.2. The zero-order chi connectivity index (χ0) is 14.5. The molecule has 0 aliphatic rings. The highest BCUT2D eigenvalue weighted by atomic mass is 32.2. The van der Waals surface area contributed by atoms with Crippen LogP contribution in [0.4, 0.5) is 0 Å². The Hall–Kier alpha value is -1.21. The third-order valence-electron chi connectivity index (χ3n) is 2.40. The van der Waals surface area contributed by atoms with Gasteiger partial charge in [-0.3, -0.25) is 0 Å². The van der Waals surface area contributed by atoms with Crippen molar-refractivity contribution in [2.75, 3.05) is 11.5 Å². The van der Waals surface area contributed by atoms with Crippen LogP contribution in [0.3, 0.4) is 0 Å². The highest BCUT2D eigenvalue weighted by Gasteiger charge is 2.15. The molecular weight excluding hydrogens is 284 g/mol. The SMILES string of the molecule is CC(C)SCCS(=O)(=O)c1cccc(/C(N)=N/O)c1. The van der Waals surface area contributed by atoms with Crippen LogP contribution in [0.2, 0.25) is 0 Å². The van der Waals surface area contributed by atoms with Crippen LogP contribution < -0.4 is 5.73 Å². The first-order chi connectivity index (χ1) is 8.86. The van der Waals surface area contributed by atoms with E-state index in [0.717, 1.165) is 0 Å². The van der Waals surface area contributed by atoms with Crippen LogP contribution in [0.5, 0.6) is 0 Å². The van der Waals surface area contributed by atoms with Crippen LogP contribution in [0.25, 0.3) is 0 Å². The first kappa shape index (κ1) is 15.8. The van der Waals surface area contributed by atoms with Crippen molar-refractivity contribution >= 4 is 27.4 Å². The molecule has 0 saturated heterocycles. The summed E-state index contributed by atoms with van der Waals surface area (Å²) in [5.74, 6) is 0.525. The van der Waals surface area contributed by atoms with E-state index in [1.165, 1.54) is 12.1 Å². The van der Waals surface area contributed by atoms with Crippen molar-refractivity contribution in [1.82, 2.24) is 0 Å². The molecule has 5 nitrogen and oxygen atoms in total. The van der Waals surface area contributed by atoms with Crippen molar-refractivity contribution in [3.8, 4) is 0 Å². The van der Waals surface area contributed by atoms with Crippen LogP contribution in [-0.4, -0.2) is 36.2 Å². The predicted molar refractivity (Wildman–Crippen MR) is 78.6 cm³/mol. The van der Waals surface area contributed by atoms with E-state index in [-0.39, 0.29) is 16.5 Å². The average Bonchev–Trinajstić information content (AvgIpc) is 2.37. The van der Waals surface area contributed by atoms with Gasteiger partial charge in [-0.2, -0.15) is 11.8 Å². The van der Waals surface area contributed by atoms with Crippen LogP contribution in [0.15, 0.2) is 34.3 Å². The molecule has 3 N–H and O–H groups in total. The standard InChI is InChI=1S/C12H18N2O3S2/c1-9(2)18-6-7-19(16,17)11-5-3-4-10(8-11)12(13)14-15/h3-5,8-9,15H,6-7H2,1-2H3,(H2,13,14). The number of nitrogens with zero attached hydrogens (tertiary/aromatic N) is 1. The fourth-order valence-electron chi connectivity index (χ4n) is 1.42. The molecule has 0 atom stereocenters. The maximum Gasteiger partial charge on any atom is 0.179 e. The molecule has 0 bridgehead atoms. The zero-order valence-corrected chi connectivity index (χ0v) is 12.5. The Kier molecular flexibility index (Phi) is 5.68. The Labute approximate surface area is 117 Å². The maximum atomic E-state index is 12.1. The van der Waals surface area contributed by atoms with Crippen molar-refractivity contribution in [3.05, 3.63) is 29.8 Å². The van der Waals surface area contributed by atoms with Crippen molar-refractivity contribution in [3.63, 3.8) is 0 Å². The van der Waals surface area contributed by atoms with Crippen molar-refractivity contribution in [2.45, 2.75) is 24.0 Å². The van der Waals surface area contributed by atoms with Crippen LogP contribution in [0.1, 0.15) is 19.4 Å². The monoisotopic (exact) mass is 302 g/mol. The third kappa shape index (κ3) is 4.76. The molecule has 0 aliphatic carbocycles. The summed E-state index contributed by atoms with van der Waals surface area (Å²) < 4.78 is 24.2. The second-order valence-electron chi connectivity index (χ2n) is 4.25. The number of thioether (sulfide) groups is 1. The topological polar surface area (TPSA) is 92.8 Å². The van der Waals surface area contributed by atoms with Crippen molar-refractivity contribution < 1.29 is 13.6 Å². The Bertz CT molecular complexity index is 554. The molecule has 0 heterocycles. The molecule has 7 heteroatoms. The number of hydrogen-bond donors (Lipinski definition) is 2. The molecule has 0 aromatic heterocycles. The van der Waals surface area contributed by atoms with Crippen molar-refractivity contribution in [1.29, 1.82) is 0 Å². The zero-order valence-electron chi connectivity index (χ0n) is 10.9. The van der Waals surface area contributed by atoms with Gasteiger partial charge in [0, 0.05) is 11.3 Å². The highest BCUT2D eigenvalue weighted by Crippen LogP contribution is 2.16. The van der Waals surface area contributed by atoms with Gasteiger partial charge in [0.25, 0.3) is 0 Å². The first-order valence-corrected chi connectivity index (χ1v) is 8.49. The van der Waals surface area contributed by atoms with Gasteiger partial charge in [-0.25, -0.2) is 8.42 Å². The summed E-state index contributed by atoms with van der Waals surface area (Å²) in [5.41, 5.74) is 5.84. The van der Waals surface area contributed by atoms with Gasteiger partial charge in [0.1, 0.15) is 0 Å².